The minimum Gasteiger partial charge on any atom is -0.484 e. The SMILES string of the molecule is Cc1cccc(C)c1NC(=O)COc1cccc(C(C)(C)C)c1. The molecule has 2 rings (SSSR count). The zero-order chi connectivity index (χ0) is 17.0. The lowest BCUT2D eigenvalue weighted by molar-refractivity contribution is -0.118. The predicted octanol–water partition coefficient (Wildman–Crippen LogP) is 4.62. The van der Waals surface area contributed by atoms with Crippen molar-refractivity contribution in [2.45, 2.75) is 40.0 Å². The second-order valence-corrected chi connectivity index (χ2v) is 6.88. The average molecular weight is 311 g/mol. The lowest BCUT2D eigenvalue weighted by atomic mass is 9.87. The normalized spacial score (nSPS) is 11.2. The third-order valence-electron chi connectivity index (χ3n) is 3.82. The van der Waals surface area contributed by atoms with E-state index in [1.807, 2.05) is 50.2 Å². The van der Waals surface area contributed by atoms with E-state index in [-0.39, 0.29) is 17.9 Å². The molecule has 2 aromatic rings. The Morgan fingerprint density at radius 2 is 1.65 bits per heavy atom. The first-order valence-electron chi connectivity index (χ1n) is 7.87. The molecule has 0 atom stereocenters. The van der Waals surface area contributed by atoms with Crippen molar-refractivity contribution in [3.05, 3.63) is 59.2 Å². The Morgan fingerprint density at radius 3 is 2.26 bits per heavy atom. The zero-order valence-electron chi connectivity index (χ0n) is 14.6. The predicted molar refractivity (Wildman–Crippen MR) is 95.2 cm³/mol. The molecule has 0 fully saturated rings. The summed E-state index contributed by atoms with van der Waals surface area (Å²) >= 11 is 0. The Balaban J connectivity index is 2.00. The average Bonchev–Trinajstić information content (AvgIpc) is 2.48. The first-order chi connectivity index (χ1) is 10.8. The maximum absolute atomic E-state index is 12.1. The zero-order valence-corrected chi connectivity index (χ0v) is 14.6. The summed E-state index contributed by atoms with van der Waals surface area (Å²) in [6, 6.07) is 13.8. The van der Waals surface area contributed by atoms with Gasteiger partial charge in [0.1, 0.15) is 5.75 Å². The van der Waals surface area contributed by atoms with Crippen LogP contribution in [0, 0.1) is 13.8 Å². The Hall–Kier alpha value is -2.29. The summed E-state index contributed by atoms with van der Waals surface area (Å²) in [5.41, 5.74) is 4.20. The Kier molecular flexibility index (Phi) is 5.09. The lowest BCUT2D eigenvalue weighted by Crippen LogP contribution is -2.21. The molecule has 23 heavy (non-hydrogen) atoms. The third-order valence-corrected chi connectivity index (χ3v) is 3.82. The van der Waals surface area contributed by atoms with Gasteiger partial charge in [-0.05, 0) is 48.1 Å². The minimum absolute atomic E-state index is 0.00136. The summed E-state index contributed by atoms with van der Waals surface area (Å²) in [5, 5.41) is 2.93. The van der Waals surface area contributed by atoms with Gasteiger partial charge in [-0.3, -0.25) is 4.79 Å². The second-order valence-electron chi connectivity index (χ2n) is 6.88. The number of anilines is 1. The molecule has 0 aliphatic carbocycles. The molecule has 2 aromatic carbocycles. The van der Waals surface area contributed by atoms with Crippen LogP contribution in [0.15, 0.2) is 42.5 Å². The molecule has 0 unspecified atom stereocenters. The van der Waals surface area contributed by atoms with E-state index >= 15 is 0 Å². The van der Waals surface area contributed by atoms with E-state index in [1.54, 1.807) is 0 Å². The minimum atomic E-state index is -0.149. The van der Waals surface area contributed by atoms with Crippen LogP contribution in [0.4, 0.5) is 5.69 Å². The quantitative estimate of drug-likeness (QED) is 0.895. The topological polar surface area (TPSA) is 38.3 Å². The number of rotatable bonds is 4. The number of ether oxygens (including phenoxy) is 1. The Bertz CT molecular complexity index is 679. The first kappa shape index (κ1) is 17.1. The summed E-state index contributed by atoms with van der Waals surface area (Å²) in [6.07, 6.45) is 0. The summed E-state index contributed by atoms with van der Waals surface area (Å²) in [4.78, 5) is 12.1. The highest BCUT2D eigenvalue weighted by atomic mass is 16.5. The molecule has 1 amide bonds. The van der Waals surface area contributed by atoms with Crippen LogP contribution in [-0.2, 0) is 10.2 Å². The monoisotopic (exact) mass is 311 g/mol. The van der Waals surface area contributed by atoms with Crippen molar-refractivity contribution in [2.24, 2.45) is 0 Å². The van der Waals surface area contributed by atoms with E-state index in [0.29, 0.717) is 5.75 Å². The fourth-order valence-corrected chi connectivity index (χ4v) is 2.39. The van der Waals surface area contributed by atoms with Crippen LogP contribution < -0.4 is 10.1 Å². The molecule has 0 aromatic heterocycles. The van der Waals surface area contributed by atoms with E-state index in [2.05, 4.69) is 32.2 Å². The molecule has 122 valence electrons. The van der Waals surface area contributed by atoms with E-state index in [9.17, 15) is 4.79 Å². The van der Waals surface area contributed by atoms with Gasteiger partial charge in [0.15, 0.2) is 6.61 Å². The largest absolute Gasteiger partial charge is 0.484 e. The van der Waals surface area contributed by atoms with E-state index in [4.69, 9.17) is 4.74 Å². The summed E-state index contributed by atoms with van der Waals surface area (Å²) < 4.78 is 5.64. The van der Waals surface area contributed by atoms with Crippen LogP contribution in [0.25, 0.3) is 0 Å². The molecule has 0 heterocycles. The summed E-state index contributed by atoms with van der Waals surface area (Å²) in [6.45, 7) is 10.4. The molecule has 0 aliphatic heterocycles. The van der Waals surface area contributed by atoms with E-state index in [1.165, 1.54) is 5.56 Å². The number of aryl methyl sites for hydroxylation is 2. The van der Waals surface area contributed by atoms with Crippen molar-refractivity contribution in [3.8, 4) is 5.75 Å². The van der Waals surface area contributed by atoms with Gasteiger partial charge in [-0.2, -0.15) is 0 Å². The van der Waals surface area contributed by atoms with Gasteiger partial charge in [-0.15, -0.1) is 0 Å². The van der Waals surface area contributed by atoms with Crippen molar-refractivity contribution >= 4 is 11.6 Å². The number of amides is 1. The maximum Gasteiger partial charge on any atom is 0.262 e. The van der Waals surface area contributed by atoms with Crippen molar-refractivity contribution in [1.29, 1.82) is 0 Å². The van der Waals surface area contributed by atoms with Gasteiger partial charge in [0.25, 0.3) is 5.91 Å². The van der Waals surface area contributed by atoms with E-state index < -0.39 is 0 Å². The highest BCUT2D eigenvalue weighted by Crippen LogP contribution is 2.25. The molecule has 1 N–H and O–H groups in total. The molecule has 0 radical (unpaired) electrons. The van der Waals surface area contributed by atoms with Crippen molar-refractivity contribution in [1.82, 2.24) is 0 Å². The van der Waals surface area contributed by atoms with Gasteiger partial charge in [-0.25, -0.2) is 0 Å². The van der Waals surface area contributed by atoms with E-state index in [0.717, 1.165) is 16.8 Å². The van der Waals surface area contributed by atoms with Gasteiger partial charge in [0.2, 0.25) is 0 Å². The Labute approximate surface area is 138 Å². The molecule has 3 heteroatoms. The van der Waals surface area contributed by atoms with Crippen LogP contribution in [0.2, 0.25) is 0 Å². The fraction of sp³-hybridized carbons (Fsp3) is 0.350. The number of benzene rings is 2. The molecule has 0 spiro atoms. The van der Waals surface area contributed by atoms with Gasteiger partial charge < -0.3 is 10.1 Å². The fourth-order valence-electron chi connectivity index (χ4n) is 2.39. The number of para-hydroxylation sites is 1. The molecular weight excluding hydrogens is 286 g/mol. The molecule has 0 saturated heterocycles. The summed E-state index contributed by atoms with van der Waals surface area (Å²) in [7, 11) is 0. The Morgan fingerprint density at radius 1 is 1.04 bits per heavy atom. The molecule has 0 saturated carbocycles. The van der Waals surface area contributed by atoms with Gasteiger partial charge in [0.05, 0.1) is 0 Å². The first-order valence-corrected chi connectivity index (χ1v) is 7.87. The maximum atomic E-state index is 12.1. The summed E-state index contributed by atoms with van der Waals surface area (Å²) in [5.74, 6) is 0.567. The van der Waals surface area contributed by atoms with Crippen molar-refractivity contribution in [3.63, 3.8) is 0 Å². The second kappa shape index (κ2) is 6.86. The van der Waals surface area contributed by atoms with Crippen LogP contribution >= 0.6 is 0 Å². The van der Waals surface area contributed by atoms with Crippen LogP contribution in [-0.4, -0.2) is 12.5 Å². The van der Waals surface area contributed by atoms with Gasteiger partial charge in [0, 0.05) is 5.69 Å². The number of hydrogen-bond acceptors (Lipinski definition) is 2. The van der Waals surface area contributed by atoms with Gasteiger partial charge >= 0.3 is 0 Å². The lowest BCUT2D eigenvalue weighted by Gasteiger charge is -2.19. The number of hydrogen-bond donors (Lipinski definition) is 1. The van der Waals surface area contributed by atoms with Crippen LogP contribution in [0.1, 0.15) is 37.5 Å². The highest BCUT2D eigenvalue weighted by molar-refractivity contribution is 5.93. The van der Waals surface area contributed by atoms with Gasteiger partial charge in [-0.1, -0.05) is 51.1 Å². The molecule has 0 aliphatic rings. The third kappa shape index (κ3) is 4.59. The van der Waals surface area contributed by atoms with Crippen molar-refractivity contribution in [2.75, 3.05) is 11.9 Å². The molecule has 3 nitrogen and oxygen atoms in total. The number of nitrogens with one attached hydrogen (secondary N) is 1. The molecule has 0 bridgehead atoms. The molecular formula is C20H25NO2. The van der Waals surface area contributed by atoms with Crippen LogP contribution in [0.5, 0.6) is 5.75 Å². The van der Waals surface area contributed by atoms with Crippen molar-refractivity contribution < 1.29 is 9.53 Å². The standard InChI is InChI=1S/C20H25NO2/c1-14-8-6-9-15(2)19(14)21-18(22)13-23-17-11-7-10-16(12-17)20(3,4)5/h6-12H,13H2,1-5H3,(H,21,22). The highest BCUT2D eigenvalue weighted by Gasteiger charge is 2.14. The smallest absolute Gasteiger partial charge is 0.262 e. The van der Waals surface area contributed by atoms with Crippen LogP contribution in [0.3, 0.4) is 0 Å². The number of carbonyl (C=O) groups is 1. The number of carbonyl (C=O) groups excluding carboxylic acids is 1.